The van der Waals surface area contributed by atoms with Crippen molar-refractivity contribution in [2.45, 2.75) is 5.16 Å². The van der Waals surface area contributed by atoms with Gasteiger partial charge in [-0.2, -0.15) is 0 Å². The Morgan fingerprint density at radius 3 is 2.55 bits per heavy atom. The molecule has 0 unspecified atom stereocenters. The summed E-state index contributed by atoms with van der Waals surface area (Å²) in [6.07, 6.45) is 0. The summed E-state index contributed by atoms with van der Waals surface area (Å²) >= 11 is 2.50. The molecule has 0 aliphatic carbocycles. The number of halogens is 1. The van der Waals surface area contributed by atoms with Crippen molar-refractivity contribution in [2.75, 3.05) is 12.9 Å². The second-order valence-corrected chi connectivity index (χ2v) is 7.95. The lowest BCUT2D eigenvalue weighted by Crippen LogP contribution is -2.21. The van der Waals surface area contributed by atoms with Gasteiger partial charge >= 0.3 is 0 Å². The molecule has 0 amide bonds. The Hall–Kier alpha value is -2.97. The summed E-state index contributed by atoms with van der Waals surface area (Å²) in [5.74, 6) is 0.180. The summed E-state index contributed by atoms with van der Waals surface area (Å²) in [6, 6.07) is 14.2. The van der Waals surface area contributed by atoms with E-state index in [-0.39, 0.29) is 17.1 Å². The molecule has 0 aliphatic heterocycles. The second kappa shape index (κ2) is 8.18. The topological polar surface area (TPSA) is 61.2 Å². The molecule has 0 aliphatic rings. The Kier molecular flexibility index (Phi) is 5.46. The van der Waals surface area contributed by atoms with Crippen LogP contribution in [0.25, 0.3) is 15.9 Å². The first kappa shape index (κ1) is 19.4. The Labute approximate surface area is 173 Å². The lowest BCUT2D eigenvalue weighted by Gasteiger charge is -2.12. The number of ketones is 1. The van der Waals surface area contributed by atoms with Crippen LogP contribution < -0.4 is 10.3 Å². The molecule has 0 saturated heterocycles. The van der Waals surface area contributed by atoms with E-state index >= 15 is 0 Å². The minimum atomic E-state index is -0.396. The first-order chi connectivity index (χ1) is 14.1. The minimum Gasteiger partial charge on any atom is -0.497 e. The van der Waals surface area contributed by atoms with E-state index in [9.17, 15) is 14.0 Å². The number of hydrogen-bond acceptors (Lipinski definition) is 6. The molecule has 5 nitrogen and oxygen atoms in total. The zero-order valence-corrected chi connectivity index (χ0v) is 16.9. The maximum atomic E-state index is 13.1. The number of aromatic nitrogens is 2. The lowest BCUT2D eigenvalue weighted by molar-refractivity contribution is 0.102. The summed E-state index contributed by atoms with van der Waals surface area (Å²) in [4.78, 5) is 30.2. The summed E-state index contributed by atoms with van der Waals surface area (Å²) in [5, 5.41) is 2.23. The normalized spacial score (nSPS) is 11.0. The van der Waals surface area contributed by atoms with Crippen molar-refractivity contribution in [3.05, 3.63) is 81.7 Å². The third-order valence-electron chi connectivity index (χ3n) is 4.28. The molecule has 0 N–H and O–H groups in total. The molecule has 0 fully saturated rings. The number of Topliss-reactive ketones (excluding diaryl/α,β-unsaturated/α-hetero) is 1. The van der Waals surface area contributed by atoms with E-state index in [1.807, 2.05) is 5.38 Å². The van der Waals surface area contributed by atoms with Crippen molar-refractivity contribution >= 4 is 39.1 Å². The number of benzene rings is 2. The molecule has 0 bridgehead atoms. The van der Waals surface area contributed by atoms with Crippen LogP contribution in [0.3, 0.4) is 0 Å². The van der Waals surface area contributed by atoms with Crippen LogP contribution >= 0.6 is 23.1 Å². The largest absolute Gasteiger partial charge is 0.497 e. The fraction of sp³-hybridized carbons (Fsp3) is 0.0952. The van der Waals surface area contributed by atoms with Crippen LogP contribution in [-0.4, -0.2) is 28.2 Å². The molecular weight excluding hydrogens is 411 g/mol. The van der Waals surface area contributed by atoms with Gasteiger partial charge in [0.25, 0.3) is 5.56 Å². The Balaban J connectivity index is 1.71. The van der Waals surface area contributed by atoms with Gasteiger partial charge in [-0.05, 0) is 60.0 Å². The van der Waals surface area contributed by atoms with Crippen molar-refractivity contribution in [1.82, 2.24) is 9.55 Å². The number of fused-ring (bicyclic) bond motifs is 1. The summed E-state index contributed by atoms with van der Waals surface area (Å²) in [5.41, 5.74) is 1.46. The summed E-state index contributed by atoms with van der Waals surface area (Å²) in [6.45, 7) is 0. The number of carbonyl (C=O) groups is 1. The fourth-order valence-corrected chi connectivity index (χ4v) is 4.46. The van der Waals surface area contributed by atoms with Crippen LogP contribution in [0, 0.1) is 5.82 Å². The van der Waals surface area contributed by atoms with Crippen LogP contribution in [-0.2, 0) is 0 Å². The molecular formula is C21H15FN2O3S2. The average molecular weight is 426 g/mol. The van der Waals surface area contributed by atoms with Crippen LogP contribution in [0.15, 0.2) is 69.9 Å². The van der Waals surface area contributed by atoms with Gasteiger partial charge in [0.1, 0.15) is 16.3 Å². The van der Waals surface area contributed by atoms with E-state index in [1.54, 1.807) is 37.4 Å². The predicted molar refractivity (Wildman–Crippen MR) is 113 cm³/mol. The van der Waals surface area contributed by atoms with Gasteiger partial charge in [-0.25, -0.2) is 9.37 Å². The first-order valence-electron chi connectivity index (χ1n) is 8.63. The highest BCUT2D eigenvalue weighted by Gasteiger charge is 2.16. The summed E-state index contributed by atoms with van der Waals surface area (Å²) < 4.78 is 20.3. The zero-order chi connectivity index (χ0) is 20.4. The van der Waals surface area contributed by atoms with E-state index in [1.165, 1.54) is 51.9 Å². The lowest BCUT2D eigenvalue weighted by atomic mass is 10.1. The van der Waals surface area contributed by atoms with Gasteiger partial charge < -0.3 is 4.74 Å². The molecule has 0 atom stereocenters. The van der Waals surface area contributed by atoms with Gasteiger partial charge in [0.2, 0.25) is 0 Å². The number of thiophene rings is 1. The zero-order valence-electron chi connectivity index (χ0n) is 15.3. The molecule has 4 aromatic rings. The highest BCUT2D eigenvalue weighted by molar-refractivity contribution is 7.99. The van der Waals surface area contributed by atoms with E-state index < -0.39 is 5.82 Å². The van der Waals surface area contributed by atoms with Crippen molar-refractivity contribution in [1.29, 1.82) is 0 Å². The Bertz CT molecular complexity index is 1230. The Morgan fingerprint density at radius 1 is 1.14 bits per heavy atom. The number of rotatable bonds is 6. The predicted octanol–water partition coefficient (Wildman–Crippen LogP) is 4.57. The molecule has 2 heterocycles. The standard InChI is InChI=1S/C21H15FN2O3S2/c1-27-16-8-6-15(7-9-16)24-20(26)19-17(10-11-28-19)23-21(24)29-12-18(25)13-2-4-14(22)5-3-13/h2-11H,12H2,1H3. The number of methoxy groups -OCH3 is 1. The van der Waals surface area contributed by atoms with Crippen molar-refractivity contribution < 1.29 is 13.9 Å². The Morgan fingerprint density at radius 2 is 1.86 bits per heavy atom. The molecule has 2 aromatic heterocycles. The van der Waals surface area contributed by atoms with E-state index in [0.29, 0.717) is 32.4 Å². The maximum Gasteiger partial charge on any atom is 0.276 e. The van der Waals surface area contributed by atoms with Crippen molar-refractivity contribution in [3.8, 4) is 11.4 Å². The van der Waals surface area contributed by atoms with Crippen molar-refractivity contribution in [3.63, 3.8) is 0 Å². The summed E-state index contributed by atoms with van der Waals surface area (Å²) in [7, 11) is 1.57. The van der Waals surface area contributed by atoms with Gasteiger partial charge in [-0.1, -0.05) is 11.8 Å². The third-order valence-corrected chi connectivity index (χ3v) is 6.11. The van der Waals surface area contributed by atoms with E-state index in [2.05, 4.69) is 4.98 Å². The minimum absolute atomic E-state index is 0.0733. The molecule has 8 heteroatoms. The quantitative estimate of drug-likeness (QED) is 0.257. The van der Waals surface area contributed by atoms with Gasteiger partial charge in [-0.15, -0.1) is 11.3 Å². The molecule has 29 heavy (non-hydrogen) atoms. The average Bonchev–Trinajstić information content (AvgIpc) is 3.22. The molecule has 0 spiro atoms. The number of ether oxygens (including phenoxy) is 1. The number of thioether (sulfide) groups is 1. The molecule has 0 saturated carbocycles. The number of hydrogen-bond donors (Lipinski definition) is 0. The van der Waals surface area contributed by atoms with Gasteiger partial charge in [0, 0.05) is 5.56 Å². The SMILES string of the molecule is COc1ccc(-n2c(SCC(=O)c3ccc(F)cc3)nc3ccsc3c2=O)cc1. The van der Waals surface area contributed by atoms with Crippen LogP contribution in [0.4, 0.5) is 4.39 Å². The molecule has 2 aromatic carbocycles. The smallest absolute Gasteiger partial charge is 0.276 e. The second-order valence-electron chi connectivity index (χ2n) is 6.09. The fourth-order valence-electron chi connectivity index (χ4n) is 2.80. The molecule has 4 rings (SSSR count). The highest BCUT2D eigenvalue weighted by atomic mass is 32.2. The van der Waals surface area contributed by atoms with Crippen molar-refractivity contribution in [2.24, 2.45) is 0 Å². The van der Waals surface area contributed by atoms with E-state index in [4.69, 9.17) is 4.74 Å². The monoisotopic (exact) mass is 426 g/mol. The van der Waals surface area contributed by atoms with Crippen LogP contribution in [0.5, 0.6) is 5.75 Å². The first-order valence-corrected chi connectivity index (χ1v) is 10.5. The molecule has 146 valence electrons. The van der Waals surface area contributed by atoms with Gasteiger partial charge in [0.15, 0.2) is 10.9 Å². The number of carbonyl (C=O) groups excluding carboxylic acids is 1. The molecule has 0 radical (unpaired) electrons. The maximum absolute atomic E-state index is 13.1. The van der Waals surface area contributed by atoms with Crippen LogP contribution in [0.1, 0.15) is 10.4 Å². The van der Waals surface area contributed by atoms with Gasteiger partial charge in [-0.3, -0.25) is 14.2 Å². The third kappa shape index (κ3) is 3.94. The van der Waals surface area contributed by atoms with E-state index in [0.717, 1.165) is 0 Å². The number of nitrogens with zero attached hydrogens (tertiary/aromatic N) is 2. The van der Waals surface area contributed by atoms with Gasteiger partial charge in [0.05, 0.1) is 24.1 Å². The van der Waals surface area contributed by atoms with Crippen LogP contribution in [0.2, 0.25) is 0 Å². The highest BCUT2D eigenvalue weighted by Crippen LogP contribution is 2.25.